The predicted molar refractivity (Wildman–Crippen MR) is 205 cm³/mol. The first-order chi connectivity index (χ1) is 22.2. The molecule has 1 heterocycles. The van der Waals surface area contributed by atoms with E-state index < -0.39 is 20.0 Å². The quantitative estimate of drug-likeness (QED) is 0.147. The van der Waals surface area contributed by atoms with E-state index in [2.05, 4.69) is 147 Å². The largest absolute Gasteiger partial charge is 0.147 e. The molecule has 47 heavy (non-hydrogen) atoms. The van der Waals surface area contributed by atoms with Crippen LogP contribution < -0.4 is 0 Å². The van der Waals surface area contributed by atoms with E-state index in [1.807, 2.05) is 0 Å². The minimum atomic E-state index is -2.94. The molecule has 6 aromatic carbocycles. The maximum Gasteiger partial charge on any atom is -0.147 e. The smallest absolute Gasteiger partial charge is 0.147 e. The third kappa shape index (κ3) is 4.96. The van der Waals surface area contributed by atoms with Crippen molar-refractivity contribution in [3.63, 3.8) is 0 Å². The molecule has 2 aliphatic carbocycles. The monoisotopic (exact) mass is 818 g/mol. The Balaban J connectivity index is 0.00000176. The van der Waals surface area contributed by atoms with Crippen LogP contribution in [-0.4, -0.2) is 0 Å². The summed E-state index contributed by atoms with van der Waals surface area (Å²) in [6.45, 7) is 4.81. The second-order valence-corrected chi connectivity index (χ2v) is 30.0. The van der Waals surface area contributed by atoms with Crippen LogP contribution in [-0.2, 0) is 20.0 Å². The molecule has 1 aliphatic heterocycles. The Morgan fingerprint density at radius 3 is 1.28 bits per heavy atom. The maximum absolute atomic E-state index is 2.94. The second kappa shape index (κ2) is 12.7. The SMILES string of the molecule is CCC1=Cc2c(-c3cccc4ccccc34)cccc2[CH]1[Hf]1([CH]2C(CC)=Cc3c(-c4cccc5ccccc45)cccc32)[CH2][CH2]1.Cl.Cl. The van der Waals surface area contributed by atoms with E-state index in [1.165, 1.54) is 63.3 Å². The van der Waals surface area contributed by atoms with Gasteiger partial charge in [0.25, 0.3) is 0 Å². The van der Waals surface area contributed by atoms with Gasteiger partial charge in [-0.1, -0.05) is 0 Å². The van der Waals surface area contributed by atoms with Crippen LogP contribution >= 0.6 is 24.8 Å². The Labute approximate surface area is 295 Å². The number of halogens is 2. The van der Waals surface area contributed by atoms with Gasteiger partial charge in [-0.25, -0.2) is 0 Å². The first kappa shape index (κ1) is 32.3. The van der Waals surface area contributed by atoms with E-state index in [-0.39, 0.29) is 24.8 Å². The molecule has 0 N–H and O–H groups in total. The number of fused-ring (bicyclic) bond motifs is 4. The molecule has 0 aromatic heterocycles. The standard InChI is InChI=1S/2C21H17.C2H4.2ClH.Hf/c2*1-2-15-13-17-9-6-12-20(21(17)14-15)19-11-5-8-16-7-3-4-10-18(16)19;1-2;;;/h2*3-14H,2H2,1H3;1-2H2;2*1H;. The molecule has 0 bridgehead atoms. The van der Waals surface area contributed by atoms with Crippen LogP contribution in [0.4, 0.5) is 0 Å². The van der Waals surface area contributed by atoms with Gasteiger partial charge in [-0.05, 0) is 0 Å². The average molecular weight is 818 g/mol. The van der Waals surface area contributed by atoms with E-state index in [0.29, 0.717) is 7.35 Å². The minimum absolute atomic E-state index is 0. The topological polar surface area (TPSA) is 0 Å². The van der Waals surface area contributed by atoms with Gasteiger partial charge in [0, 0.05) is 0 Å². The van der Waals surface area contributed by atoms with E-state index in [0.717, 1.165) is 12.8 Å². The van der Waals surface area contributed by atoms with Crippen LogP contribution in [0.5, 0.6) is 0 Å². The number of benzene rings is 6. The first-order valence-corrected chi connectivity index (χ1v) is 26.1. The van der Waals surface area contributed by atoms with E-state index in [9.17, 15) is 0 Å². The van der Waals surface area contributed by atoms with Gasteiger partial charge in [0.1, 0.15) is 0 Å². The molecule has 3 aliphatic rings. The zero-order valence-corrected chi connectivity index (χ0v) is 32.2. The second-order valence-electron chi connectivity index (χ2n) is 13.4. The number of allylic oxidation sites excluding steroid dienone is 2. The normalized spacial score (nSPS) is 18.5. The summed E-state index contributed by atoms with van der Waals surface area (Å²) in [6.07, 6.45) is 7.57. The molecule has 9 rings (SSSR count). The molecule has 0 spiro atoms. The van der Waals surface area contributed by atoms with Crippen molar-refractivity contribution < 1.29 is 20.0 Å². The van der Waals surface area contributed by atoms with E-state index >= 15 is 0 Å². The van der Waals surface area contributed by atoms with Crippen molar-refractivity contribution in [2.24, 2.45) is 0 Å². The van der Waals surface area contributed by atoms with Gasteiger partial charge >= 0.3 is 273 Å². The van der Waals surface area contributed by atoms with E-state index in [1.54, 1.807) is 22.3 Å². The molecule has 2 atom stereocenters. The van der Waals surface area contributed by atoms with Crippen molar-refractivity contribution in [1.82, 2.24) is 0 Å². The van der Waals surface area contributed by atoms with Crippen molar-refractivity contribution in [3.8, 4) is 22.3 Å². The molecule has 0 nitrogen and oxygen atoms in total. The van der Waals surface area contributed by atoms with Crippen molar-refractivity contribution in [2.75, 3.05) is 0 Å². The molecule has 2 unspecified atom stereocenters. The summed E-state index contributed by atoms with van der Waals surface area (Å²) in [5.41, 5.74) is 15.3. The summed E-state index contributed by atoms with van der Waals surface area (Å²) in [4.78, 5) is 0. The average Bonchev–Trinajstić information content (AvgIpc) is 3.63. The summed E-state index contributed by atoms with van der Waals surface area (Å²) in [5, 5.41) is 5.36. The third-order valence-corrected chi connectivity index (χ3v) is 30.4. The maximum atomic E-state index is 2.63. The van der Waals surface area contributed by atoms with Gasteiger partial charge < -0.3 is 0 Å². The van der Waals surface area contributed by atoms with Gasteiger partial charge in [0.2, 0.25) is 0 Å². The Bertz CT molecular complexity index is 2060. The summed E-state index contributed by atoms with van der Waals surface area (Å²) in [7, 11) is 0. The zero-order chi connectivity index (χ0) is 30.1. The van der Waals surface area contributed by atoms with Crippen molar-refractivity contribution >= 4 is 58.5 Å². The fourth-order valence-electron chi connectivity index (χ4n) is 9.18. The van der Waals surface area contributed by atoms with Crippen LogP contribution in [0.1, 0.15) is 56.3 Å². The van der Waals surface area contributed by atoms with Crippen LogP contribution in [0.3, 0.4) is 0 Å². The van der Waals surface area contributed by atoms with Gasteiger partial charge in [0.15, 0.2) is 0 Å². The summed E-state index contributed by atoms with van der Waals surface area (Å²) < 4.78 is 4.37. The molecular formula is C44H40Cl2Hf. The summed E-state index contributed by atoms with van der Waals surface area (Å²) >= 11 is -2.94. The summed E-state index contributed by atoms with van der Waals surface area (Å²) in [6, 6.07) is 45.9. The molecule has 0 amide bonds. The summed E-state index contributed by atoms with van der Waals surface area (Å²) in [5.74, 6) is 0. The Morgan fingerprint density at radius 2 is 0.851 bits per heavy atom. The van der Waals surface area contributed by atoms with Crippen molar-refractivity contribution in [3.05, 3.63) is 155 Å². The fraction of sp³-hybridized carbons (Fsp3) is 0.182. The molecule has 234 valence electrons. The predicted octanol–water partition coefficient (Wildman–Crippen LogP) is 13.6. The Kier molecular flexibility index (Phi) is 8.71. The molecular weight excluding hydrogens is 778 g/mol. The van der Waals surface area contributed by atoms with Crippen molar-refractivity contribution in [2.45, 2.75) is 42.4 Å². The first-order valence-electron chi connectivity index (χ1n) is 16.8. The van der Waals surface area contributed by atoms with Gasteiger partial charge in [-0.2, -0.15) is 0 Å². The Morgan fingerprint density at radius 1 is 0.468 bits per heavy atom. The molecule has 3 heteroatoms. The molecule has 0 saturated carbocycles. The molecule has 0 radical (unpaired) electrons. The number of rotatable bonds is 6. The number of hydrogen-bond donors (Lipinski definition) is 0. The zero-order valence-electron chi connectivity index (χ0n) is 27.0. The van der Waals surface area contributed by atoms with Crippen LogP contribution in [0.15, 0.2) is 132 Å². The molecule has 1 saturated heterocycles. The minimum Gasteiger partial charge on any atom is -0.147 e. The van der Waals surface area contributed by atoms with Gasteiger partial charge in [-0.3, -0.25) is 0 Å². The fourth-order valence-corrected chi connectivity index (χ4v) is 37.7. The molecule has 6 aromatic rings. The van der Waals surface area contributed by atoms with Crippen LogP contribution in [0.25, 0.3) is 56.0 Å². The van der Waals surface area contributed by atoms with Crippen molar-refractivity contribution in [1.29, 1.82) is 0 Å². The van der Waals surface area contributed by atoms with Crippen LogP contribution in [0.2, 0.25) is 8.35 Å². The van der Waals surface area contributed by atoms with Crippen LogP contribution in [0, 0.1) is 0 Å². The van der Waals surface area contributed by atoms with E-state index in [4.69, 9.17) is 0 Å². The van der Waals surface area contributed by atoms with Gasteiger partial charge in [0.05, 0.1) is 0 Å². The third-order valence-electron chi connectivity index (χ3n) is 11.3. The van der Waals surface area contributed by atoms with Gasteiger partial charge in [-0.15, -0.1) is 24.8 Å². The Hall–Kier alpha value is -3.23. The number of hydrogen-bond acceptors (Lipinski definition) is 0. The molecule has 1 fully saturated rings.